The lowest BCUT2D eigenvalue weighted by molar-refractivity contribution is 0.540. The predicted molar refractivity (Wildman–Crippen MR) is 85.3 cm³/mol. The molecule has 0 bridgehead atoms. The maximum atomic E-state index is 5.47. The zero-order valence-corrected chi connectivity index (χ0v) is 13.2. The molecule has 0 aromatic rings. The monoisotopic (exact) mass is 272 g/mol. The summed E-state index contributed by atoms with van der Waals surface area (Å²) >= 11 is 5.47. The van der Waals surface area contributed by atoms with Crippen LogP contribution in [0.15, 0.2) is 11.6 Å². The van der Waals surface area contributed by atoms with Gasteiger partial charge >= 0.3 is 0 Å². The highest BCUT2D eigenvalue weighted by atomic mass is 35.5. The molecule has 0 amide bonds. The first-order valence-corrected chi connectivity index (χ1v) is 8.60. The minimum atomic E-state index is 1.15. The average Bonchev–Trinajstić information content (AvgIpc) is 2.39. The topological polar surface area (TPSA) is 0 Å². The van der Waals surface area contributed by atoms with Crippen LogP contribution >= 0.6 is 11.6 Å². The SMILES string of the molecule is CCCCCCCCCCCCCCC/C=C/Cl. The third kappa shape index (κ3) is 16.0. The fourth-order valence-corrected chi connectivity index (χ4v) is 2.47. The first kappa shape index (κ1) is 18.0. The Hall–Kier alpha value is 0.0300. The molecule has 0 atom stereocenters. The molecule has 0 aliphatic heterocycles. The summed E-state index contributed by atoms with van der Waals surface area (Å²) in [7, 11) is 0. The molecule has 0 aliphatic rings. The van der Waals surface area contributed by atoms with Crippen molar-refractivity contribution in [2.45, 2.75) is 96.8 Å². The highest BCUT2D eigenvalue weighted by molar-refractivity contribution is 6.25. The fourth-order valence-electron chi connectivity index (χ4n) is 2.34. The molecule has 0 unspecified atom stereocenters. The largest absolute Gasteiger partial charge is 0.0933 e. The molecule has 0 N–H and O–H groups in total. The van der Waals surface area contributed by atoms with Crippen LogP contribution < -0.4 is 0 Å². The van der Waals surface area contributed by atoms with Crippen molar-refractivity contribution in [3.63, 3.8) is 0 Å². The highest BCUT2D eigenvalue weighted by Gasteiger charge is 1.93. The third-order valence-corrected chi connectivity index (χ3v) is 3.74. The van der Waals surface area contributed by atoms with E-state index >= 15 is 0 Å². The number of unbranched alkanes of at least 4 members (excludes halogenated alkanes) is 13. The van der Waals surface area contributed by atoms with Crippen molar-refractivity contribution < 1.29 is 0 Å². The van der Waals surface area contributed by atoms with E-state index in [-0.39, 0.29) is 0 Å². The molecule has 0 radical (unpaired) electrons. The van der Waals surface area contributed by atoms with Gasteiger partial charge in [-0.25, -0.2) is 0 Å². The van der Waals surface area contributed by atoms with Gasteiger partial charge in [-0.1, -0.05) is 102 Å². The first-order valence-electron chi connectivity index (χ1n) is 8.17. The third-order valence-electron chi connectivity index (χ3n) is 3.56. The van der Waals surface area contributed by atoms with Gasteiger partial charge in [0.1, 0.15) is 0 Å². The second kappa shape index (κ2) is 17.0. The molecule has 0 aliphatic carbocycles. The van der Waals surface area contributed by atoms with Crippen LogP contribution in [0.5, 0.6) is 0 Å². The number of allylic oxidation sites excluding steroid dienone is 1. The van der Waals surface area contributed by atoms with Crippen molar-refractivity contribution in [3.8, 4) is 0 Å². The van der Waals surface area contributed by atoms with Gasteiger partial charge in [0.2, 0.25) is 0 Å². The molecule has 0 aromatic carbocycles. The second-order valence-electron chi connectivity index (χ2n) is 5.39. The van der Waals surface area contributed by atoms with Gasteiger partial charge in [0, 0.05) is 5.54 Å². The second-order valence-corrected chi connectivity index (χ2v) is 5.64. The van der Waals surface area contributed by atoms with Crippen LogP contribution in [0.4, 0.5) is 0 Å². The minimum Gasteiger partial charge on any atom is -0.0933 e. The lowest BCUT2D eigenvalue weighted by Crippen LogP contribution is -1.82. The summed E-state index contributed by atoms with van der Waals surface area (Å²) < 4.78 is 0. The van der Waals surface area contributed by atoms with Crippen LogP contribution in [0.2, 0.25) is 0 Å². The molecule has 0 nitrogen and oxygen atoms in total. The van der Waals surface area contributed by atoms with E-state index in [4.69, 9.17) is 11.6 Å². The highest BCUT2D eigenvalue weighted by Crippen LogP contribution is 2.12. The summed E-state index contributed by atoms with van der Waals surface area (Å²) in [5.74, 6) is 0. The van der Waals surface area contributed by atoms with Crippen molar-refractivity contribution in [2.24, 2.45) is 0 Å². The van der Waals surface area contributed by atoms with Gasteiger partial charge in [-0.05, 0) is 12.8 Å². The van der Waals surface area contributed by atoms with E-state index in [0.717, 1.165) is 6.42 Å². The van der Waals surface area contributed by atoms with Gasteiger partial charge < -0.3 is 0 Å². The summed E-state index contributed by atoms with van der Waals surface area (Å²) in [5, 5.41) is 0. The van der Waals surface area contributed by atoms with Gasteiger partial charge in [-0.2, -0.15) is 0 Å². The molecule has 0 spiro atoms. The number of hydrogen-bond donors (Lipinski definition) is 0. The Morgan fingerprint density at radius 1 is 0.611 bits per heavy atom. The predicted octanol–water partition coefficient (Wildman–Crippen LogP) is 7.22. The Kier molecular flexibility index (Phi) is 17.1. The molecule has 0 heterocycles. The van der Waals surface area contributed by atoms with E-state index in [1.807, 2.05) is 0 Å². The zero-order chi connectivity index (χ0) is 13.3. The van der Waals surface area contributed by atoms with Crippen molar-refractivity contribution in [3.05, 3.63) is 11.6 Å². The van der Waals surface area contributed by atoms with Crippen LogP contribution in [-0.4, -0.2) is 0 Å². The Balaban J connectivity index is 2.90. The lowest BCUT2D eigenvalue weighted by atomic mass is 10.0. The van der Waals surface area contributed by atoms with E-state index in [1.165, 1.54) is 83.5 Å². The van der Waals surface area contributed by atoms with Crippen LogP contribution in [-0.2, 0) is 0 Å². The van der Waals surface area contributed by atoms with Gasteiger partial charge in [0.05, 0.1) is 0 Å². The van der Waals surface area contributed by atoms with Gasteiger partial charge in [-0.15, -0.1) is 0 Å². The summed E-state index contributed by atoms with van der Waals surface area (Å²) in [4.78, 5) is 0. The molecule has 0 saturated heterocycles. The van der Waals surface area contributed by atoms with Crippen molar-refractivity contribution >= 4 is 11.6 Å². The van der Waals surface area contributed by atoms with E-state index in [1.54, 1.807) is 5.54 Å². The van der Waals surface area contributed by atoms with Crippen LogP contribution in [0.1, 0.15) is 96.8 Å². The molecule has 0 aromatic heterocycles. The summed E-state index contributed by atoms with van der Waals surface area (Å²) in [6.07, 6.45) is 21.7. The Labute approximate surface area is 120 Å². The Morgan fingerprint density at radius 2 is 1.00 bits per heavy atom. The molecule has 18 heavy (non-hydrogen) atoms. The van der Waals surface area contributed by atoms with Gasteiger partial charge in [0.15, 0.2) is 0 Å². The zero-order valence-electron chi connectivity index (χ0n) is 12.4. The fraction of sp³-hybridized carbons (Fsp3) is 0.882. The van der Waals surface area contributed by atoms with E-state index in [2.05, 4.69) is 13.0 Å². The Bertz CT molecular complexity index is 163. The van der Waals surface area contributed by atoms with Crippen LogP contribution in [0.25, 0.3) is 0 Å². The van der Waals surface area contributed by atoms with Crippen LogP contribution in [0, 0.1) is 0 Å². The summed E-state index contributed by atoms with van der Waals surface area (Å²) in [6.45, 7) is 2.28. The quantitative estimate of drug-likeness (QED) is 0.293. The molecule has 0 rings (SSSR count). The number of hydrogen-bond acceptors (Lipinski definition) is 0. The van der Waals surface area contributed by atoms with Gasteiger partial charge in [-0.3, -0.25) is 0 Å². The molecular weight excluding hydrogens is 240 g/mol. The maximum absolute atomic E-state index is 5.47. The van der Waals surface area contributed by atoms with E-state index < -0.39 is 0 Å². The molecule has 0 fully saturated rings. The summed E-state index contributed by atoms with van der Waals surface area (Å²) in [6, 6.07) is 0. The maximum Gasteiger partial charge on any atom is 0.000245 e. The normalized spacial score (nSPS) is 11.4. The van der Waals surface area contributed by atoms with Crippen molar-refractivity contribution in [1.82, 2.24) is 0 Å². The number of halogens is 1. The van der Waals surface area contributed by atoms with Crippen LogP contribution in [0.3, 0.4) is 0 Å². The van der Waals surface area contributed by atoms with Crippen molar-refractivity contribution in [1.29, 1.82) is 0 Å². The van der Waals surface area contributed by atoms with Crippen molar-refractivity contribution in [2.75, 3.05) is 0 Å². The Morgan fingerprint density at radius 3 is 1.39 bits per heavy atom. The molecule has 1 heteroatoms. The molecule has 0 saturated carbocycles. The summed E-state index contributed by atoms with van der Waals surface area (Å²) in [5.41, 5.74) is 1.64. The molecular formula is C17H33Cl. The molecule has 108 valence electrons. The first-order chi connectivity index (χ1) is 8.91. The average molecular weight is 273 g/mol. The number of rotatable bonds is 14. The van der Waals surface area contributed by atoms with Gasteiger partial charge in [0.25, 0.3) is 0 Å². The van der Waals surface area contributed by atoms with E-state index in [0.29, 0.717) is 0 Å². The minimum absolute atomic E-state index is 1.15. The lowest BCUT2D eigenvalue weighted by Gasteiger charge is -2.02. The van der Waals surface area contributed by atoms with E-state index in [9.17, 15) is 0 Å². The smallest absolute Gasteiger partial charge is 0.000245 e. The standard InChI is InChI=1S/C17H33Cl/c1-2-3-4-5-6-7-8-9-10-11-12-13-14-15-16-17-18/h16-17H,2-15H2,1H3/b17-16+.